The van der Waals surface area contributed by atoms with E-state index >= 15 is 0 Å². The molecule has 2 atom stereocenters. The molecule has 2 rings (SSSR count). The van der Waals surface area contributed by atoms with E-state index in [0.717, 1.165) is 5.56 Å². The van der Waals surface area contributed by atoms with Gasteiger partial charge in [0.1, 0.15) is 6.04 Å². The van der Waals surface area contributed by atoms with Crippen molar-refractivity contribution in [1.29, 1.82) is 0 Å². The van der Waals surface area contributed by atoms with Crippen molar-refractivity contribution in [2.45, 2.75) is 19.0 Å². The molecule has 1 aliphatic heterocycles. The summed E-state index contributed by atoms with van der Waals surface area (Å²) in [7, 11) is 0. The SMILES string of the molecule is CCOC(=O)[C@H]1N[C@H]1c1ccccc1. The average molecular weight is 191 g/mol. The summed E-state index contributed by atoms with van der Waals surface area (Å²) in [4.78, 5) is 11.3. The minimum Gasteiger partial charge on any atom is -0.465 e. The molecule has 3 heteroatoms. The van der Waals surface area contributed by atoms with Crippen LogP contribution in [0.3, 0.4) is 0 Å². The number of rotatable bonds is 3. The Kier molecular flexibility index (Phi) is 2.50. The molecule has 0 bridgehead atoms. The Morgan fingerprint density at radius 3 is 2.79 bits per heavy atom. The van der Waals surface area contributed by atoms with Crippen LogP contribution in [0.5, 0.6) is 0 Å². The summed E-state index contributed by atoms with van der Waals surface area (Å²) in [5.74, 6) is -0.152. The van der Waals surface area contributed by atoms with Gasteiger partial charge in [-0.2, -0.15) is 0 Å². The number of hydrogen-bond acceptors (Lipinski definition) is 3. The van der Waals surface area contributed by atoms with Crippen molar-refractivity contribution in [2.75, 3.05) is 6.61 Å². The molecular weight excluding hydrogens is 178 g/mol. The van der Waals surface area contributed by atoms with Crippen LogP contribution in [0.1, 0.15) is 18.5 Å². The van der Waals surface area contributed by atoms with E-state index in [1.54, 1.807) is 0 Å². The largest absolute Gasteiger partial charge is 0.465 e. The van der Waals surface area contributed by atoms with E-state index in [1.807, 2.05) is 37.3 Å². The molecule has 1 aromatic carbocycles. The molecule has 3 nitrogen and oxygen atoms in total. The normalized spacial score (nSPS) is 24.4. The Bertz CT molecular complexity index is 323. The molecule has 1 heterocycles. The quantitative estimate of drug-likeness (QED) is 0.578. The molecule has 0 saturated carbocycles. The van der Waals surface area contributed by atoms with Gasteiger partial charge in [-0.15, -0.1) is 0 Å². The van der Waals surface area contributed by atoms with Gasteiger partial charge < -0.3 is 4.74 Å². The second kappa shape index (κ2) is 3.80. The van der Waals surface area contributed by atoms with E-state index in [0.29, 0.717) is 6.61 Å². The lowest BCUT2D eigenvalue weighted by Gasteiger charge is -1.98. The van der Waals surface area contributed by atoms with E-state index in [2.05, 4.69) is 5.32 Å². The van der Waals surface area contributed by atoms with Gasteiger partial charge >= 0.3 is 5.97 Å². The van der Waals surface area contributed by atoms with Crippen LogP contribution in [0.2, 0.25) is 0 Å². The van der Waals surface area contributed by atoms with E-state index in [-0.39, 0.29) is 18.1 Å². The molecule has 0 amide bonds. The number of esters is 1. The third kappa shape index (κ3) is 1.77. The summed E-state index contributed by atoms with van der Waals surface area (Å²) in [6, 6.07) is 9.93. The van der Waals surface area contributed by atoms with Gasteiger partial charge in [0.15, 0.2) is 0 Å². The molecule has 0 radical (unpaired) electrons. The molecule has 74 valence electrons. The summed E-state index contributed by atoms with van der Waals surface area (Å²) in [6.45, 7) is 2.26. The molecule has 0 aliphatic carbocycles. The molecule has 1 saturated heterocycles. The maximum atomic E-state index is 11.3. The number of hydrogen-bond donors (Lipinski definition) is 1. The highest BCUT2D eigenvalue weighted by Gasteiger charge is 2.44. The van der Waals surface area contributed by atoms with Gasteiger partial charge in [-0.25, -0.2) is 0 Å². The standard InChI is InChI=1S/C11H13NO2/c1-2-14-11(13)10-9(12-10)8-6-4-3-5-7-8/h3-7,9-10,12H,2H2,1H3/t9-,10-/m0/s1. The van der Waals surface area contributed by atoms with Gasteiger partial charge in [0.05, 0.1) is 12.6 Å². The maximum Gasteiger partial charge on any atom is 0.325 e. The molecule has 1 aromatic rings. The van der Waals surface area contributed by atoms with Crippen LogP contribution in [0.25, 0.3) is 0 Å². The molecular formula is C11H13NO2. The lowest BCUT2D eigenvalue weighted by Crippen LogP contribution is -2.13. The smallest absolute Gasteiger partial charge is 0.325 e. The van der Waals surface area contributed by atoms with Crippen LogP contribution in [0.4, 0.5) is 0 Å². The molecule has 0 unspecified atom stereocenters. The fourth-order valence-corrected chi connectivity index (χ4v) is 1.52. The first-order valence-electron chi connectivity index (χ1n) is 4.80. The van der Waals surface area contributed by atoms with Crippen molar-refractivity contribution in [1.82, 2.24) is 5.32 Å². The second-order valence-corrected chi connectivity index (χ2v) is 3.28. The van der Waals surface area contributed by atoms with E-state index in [1.165, 1.54) is 0 Å². The zero-order chi connectivity index (χ0) is 9.97. The maximum absolute atomic E-state index is 11.3. The minimum atomic E-state index is -0.152. The summed E-state index contributed by atoms with van der Waals surface area (Å²) in [6.07, 6.45) is 0. The summed E-state index contributed by atoms with van der Waals surface area (Å²) < 4.78 is 4.92. The average Bonchev–Trinajstić information content (AvgIpc) is 2.99. The first-order chi connectivity index (χ1) is 6.83. The lowest BCUT2D eigenvalue weighted by atomic mass is 10.1. The zero-order valence-corrected chi connectivity index (χ0v) is 8.07. The third-order valence-corrected chi connectivity index (χ3v) is 2.28. The van der Waals surface area contributed by atoms with E-state index in [9.17, 15) is 4.79 Å². The Morgan fingerprint density at radius 1 is 1.43 bits per heavy atom. The van der Waals surface area contributed by atoms with Gasteiger partial charge in [-0.05, 0) is 12.5 Å². The zero-order valence-electron chi connectivity index (χ0n) is 8.07. The predicted octanol–water partition coefficient (Wildman–Crippen LogP) is 1.26. The molecule has 0 aromatic heterocycles. The topological polar surface area (TPSA) is 48.2 Å². The predicted molar refractivity (Wildman–Crippen MR) is 52.7 cm³/mol. The van der Waals surface area contributed by atoms with Gasteiger partial charge in [0, 0.05) is 0 Å². The first-order valence-corrected chi connectivity index (χ1v) is 4.80. The van der Waals surface area contributed by atoms with Gasteiger partial charge in [-0.3, -0.25) is 10.1 Å². The second-order valence-electron chi connectivity index (χ2n) is 3.28. The summed E-state index contributed by atoms with van der Waals surface area (Å²) >= 11 is 0. The Morgan fingerprint density at radius 2 is 2.14 bits per heavy atom. The Hall–Kier alpha value is -1.35. The van der Waals surface area contributed by atoms with Crippen LogP contribution >= 0.6 is 0 Å². The lowest BCUT2D eigenvalue weighted by molar-refractivity contribution is -0.142. The number of carbonyl (C=O) groups excluding carboxylic acids is 1. The first kappa shape index (κ1) is 9.21. The van der Waals surface area contributed by atoms with Crippen LogP contribution in [-0.4, -0.2) is 18.6 Å². The molecule has 0 spiro atoms. The van der Waals surface area contributed by atoms with Gasteiger partial charge in [-0.1, -0.05) is 30.3 Å². The highest BCUT2D eigenvalue weighted by molar-refractivity contribution is 5.80. The van der Waals surface area contributed by atoms with Crippen LogP contribution in [-0.2, 0) is 9.53 Å². The highest BCUT2D eigenvalue weighted by atomic mass is 16.5. The van der Waals surface area contributed by atoms with E-state index in [4.69, 9.17) is 4.74 Å². The van der Waals surface area contributed by atoms with Crippen LogP contribution in [0.15, 0.2) is 30.3 Å². The third-order valence-electron chi connectivity index (χ3n) is 2.28. The monoisotopic (exact) mass is 191 g/mol. The Labute approximate surface area is 83.1 Å². The molecule has 1 aliphatic rings. The number of nitrogens with one attached hydrogen (secondary N) is 1. The van der Waals surface area contributed by atoms with Crippen LogP contribution in [0, 0.1) is 0 Å². The fraction of sp³-hybridized carbons (Fsp3) is 0.364. The van der Waals surface area contributed by atoms with Crippen molar-refractivity contribution >= 4 is 5.97 Å². The summed E-state index contributed by atoms with van der Waals surface area (Å²) in [5, 5.41) is 3.10. The van der Waals surface area contributed by atoms with Gasteiger partial charge in [0.25, 0.3) is 0 Å². The number of benzene rings is 1. The van der Waals surface area contributed by atoms with Crippen molar-refractivity contribution in [3.05, 3.63) is 35.9 Å². The Balaban J connectivity index is 1.96. The molecule has 1 fully saturated rings. The van der Waals surface area contributed by atoms with Crippen molar-refractivity contribution in [3.8, 4) is 0 Å². The summed E-state index contributed by atoms with van der Waals surface area (Å²) in [5.41, 5.74) is 1.14. The van der Waals surface area contributed by atoms with Crippen molar-refractivity contribution in [3.63, 3.8) is 0 Å². The highest BCUT2D eigenvalue weighted by Crippen LogP contribution is 2.29. The van der Waals surface area contributed by atoms with E-state index < -0.39 is 0 Å². The van der Waals surface area contributed by atoms with Gasteiger partial charge in [0.2, 0.25) is 0 Å². The number of carbonyl (C=O) groups is 1. The minimum absolute atomic E-state index is 0.141. The van der Waals surface area contributed by atoms with Crippen molar-refractivity contribution < 1.29 is 9.53 Å². The molecule has 14 heavy (non-hydrogen) atoms. The fourth-order valence-electron chi connectivity index (χ4n) is 1.52. The van der Waals surface area contributed by atoms with Crippen molar-refractivity contribution in [2.24, 2.45) is 0 Å². The molecule has 1 N–H and O–H groups in total. The van der Waals surface area contributed by atoms with Crippen LogP contribution < -0.4 is 5.32 Å². The number of ether oxygens (including phenoxy) is 1.